The van der Waals surface area contributed by atoms with Crippen LogP contribution in [0.5, 0.6) is 0 Å². The van der Waals surface area contributed by atoms with Crippen molar-refractivity contribution in [1.29, 1.82) is 0 Å². The van der Waals surface area contributed by atoms with Crippen LogP contribution >= 0.6 is 11.3 Å². The third-order valence-corrected chi connectivity index (χ3v) is 3.75. The average Bonchev–Trinajstić information content (AvgIpc) is 2.54. The van der Waals surface area contributed by atoms with Crippen molar-refractivity contribution in [2.45, 2.75) is 33.7 Å². The van der Waals surface area contributed by atoms with Crippen LogP contribution in [0.4, 0.5) is 0 Å². The number of amides is 1. The van der Waals surface area contributed by atoms with E-state index in [2.05, 4.69) is 10.3 Å². The van der Waals surface area contributed by atoms with E-state index < -0.39 is 0 Å². The van der Waals surface area contributed by atoms with Crippen molar-refractivity contribution in [3.8, 4) is 0 Å². The van der Waals surface area contributed by atoms with Gasteiger partial charge in [0.2, 0.25) is 0 Å². The Bertz CT molecular complexity index is 670. The zero-order valence-corrected chi connectivity index (χ0v) is 11.6. The van der Waals surface area contributed by atoms with Gasteiger partial charge in [0.1, 0.15) is 5.56 Å². The fourth-order valence-electron chi connectivity index (χ4n) is 1.67. The summed E-state index contributed by atoms with van der Waals surface area (Å²) in [4.78, 5) is 30.0. The number of carbonyl (C=O) groups is 1. The van der Waals surface area contributed by atoms with Gasteiger partial charge in [0.05, 0.1) is 0 Å². The molecule has 0 saturated carbocycles. The van der Waals surface area contributed by atoms with E-state index in [1.165, 1.54) is 21.9 Å². The normalized spacial score (nSPS) is 11.2. The zero-order valence-electron chi connectivity index (χ0n) is 10.8. The first-order chi connectivity index (χ1) is 8.41. The van der Waals surface area contributed by atoms with Gasteiger partial charge in [-0.25, -0.2) is 4.98 Å². The highest BCUT2D eigenvalue weighted by Gasteiger charge is 2.16. The molecule has 5 nitrogen and oxygen atoms in total. The molecule has 2 aromatic heterocycles. The molecule has 0 radical (unpaired) electrons. The first-order valence-corrected chi connectivity index (χ1v) is 6.52. The second kappa shape index (κ2) is 4.53. The highest BCUT2D eigenvalue weighted by molar-refractivity contribution is 7.17. The summed E-state index contributed by atoms with van der Waals surface area (Å²) >= 11 is 1.45. The van der Waals surface area contributed by atoms with Gasteiger partial charge in [-0.1, -0.05) is 0 Å². The van der Waals surface area contributed by atoms with E-state index in [4.69, 9.17) is 0 Å². The number of nitrogens with one attached hydrogen (secondary N) is 1. The second-order valence-corrected chi connectivity index (χ2v) is 5.65. The predicted octanol–water partition coefficient (Wildman–Crippen LogP) is 1.51. The molecule has 0 unspecified atom stereocenters. The quantitative estimate of drug-likeness (QED) is 0.895. The smallest absolute Gasteiger partial charge is 0.271 e. The van der Waals surface area contributed by atoms with Crippen LogP contribution in [-0.4, -0.2) is 21.3 Å². The third kappa shape index (κ3) is 2.03. The van der Waals surface area contributed by atoms with Crippen molar-refractivity contribution in [2.24, 2.45) is 0 Å². The topological polar surface area (TPSA) is 63.5 Å². The van der Waals surface area contributed by atoms with Gasteiger partial charge in [0.15, 0.2) is 4.96 Å². The summed E-state index contributed by atoms with van der Waals surface area (Å²) in [6.45, 7) is 7.48. The lowest BCUT2D eigenvalue weighted by atomic mass is 10.3. The molecule has 1 amide bonds. The number of nitrogens with zero attached hydrogens (tertiary/aromatic N) is 2. The lowest BCUT2D eigenvalue weighted by molar-refractivity contribution is 0.0941. The summed E-state index contributed by atoms with van der Waals surface area (Å²) in [6.07, 6.45) is 1.35. The van der Waals surface area contributed by atoms with E-state index in [0.29, 0.717) is 4.96 Å². The molecule has 0 aliphatic carbocycles. The number of carbonyl (C=O) groups excluding carboxylic acids is 1. The molecular formula is C12H15N3O2S. The van der Waals surface area contributed by atoms with Crippen LogP contribution in [0.15, 0.2) is 11.0 Å². The second-order valence-electron chi connectivity index (χ2n) is 4.47. The van der Waals surface area contributed by atoms with Crippen molar-refractivity contribution in [3.05, 3.63) is 32.7 Å². The number of rotatable bonds is 2. The summed E-state index contributed by atoms with van der Waals surface area (Å²) in [5.74, 6) is -0.375. The van der Waals surface area contributed by atoms with Gasteiger partial charge < -0.3 is 5.32 Å². The Hall–Kier alpha value is -1.69. The van der Waals surface area contributed by atoms with E-state index in [-0.39, 0.29) is 23.1 Å². The Morgan fingerprint density at radius 2 is 2.11 bits per heavy atom. The van der Waals surface area contributed by atoms with Gasteiger partial charge >= 0.3 is 0 Å². The molecule has 0 aliphatic rings. The van der Waals surface area contributed by atoms with Gasteiger partial charge in [0, 0.05) is 22.8 Å². The number of hydrogen-bond donors (Lipinski definition) is 1. The Kier molecular flexibility index (Phi) is 3.21. The van der Waals surface area contributed by atoms with Crippen LogP contribution in [0.1, 0.15) is 34.8 Å². The van der Waals surface area contributed by atoms with Crippen LogP contribution in [0.25, 0.3) is 4.96 Å². The van der Waals surface area contributed by atoms with Gasteiger partial charge in [-0.15, -0.1) is 11.3 Å². The molecule has 0 atom stereocenters. The molecule has 0 bridgehead atoms. The minimum absolute atomic E-state index is 0.0112. The lowest BCUT2D eigenvalue weighted by Gasteiger charge is -2.07. The van der Waals surface area contributed by atoms with Crippen LogP contribution in [0.2, 0.25) is 0 Å². The van der Waals surface area contributed by atoms with Crippen molar-refractivity contribution in [1.82, 2.24) is 14.7 Å². The summed E-state index contributed by atoms with van der Waals surface area (Å²) < 4.78 is 1.50. The molecule has 0 aliphatic heterocycles. The van der Waals surface area contributed by atoms with Gasteiger partial charge in [-0.3, -0.25) is 14.0 Å². The minimum atomic E-state index is -0.375. The van der Waals surface area contributed by atoms with E-state index in [1.54, 1.807) is 0 Å². The highest BCUT2D eigenvalue weighted by atomic mass is 32.1. The predicted molar refractivity (Wildman–Crippen MR) is 71.4 cm³/mol. The largest absolute Gasteiger partial charge is 0.350 e. The van der Waals surface area contributed by atoms with Crippen LogP contribution < -0.4 is 10.9 Å². The molecule has 0 saturated heterocycles. The first-order valence-electron chi connectivity index (χ1n) is 5.70. The summed E-state index contributed by atoms with van der Waals surface area (Å²) in [7, 11) is 0. The summed E-state index contributed by atoms with van der Waals surface area (Å²) in [5.41, 5.74) is 0.619. The first kappa shape index (κ1) is 12.8. The molecule has 6 heteroatoms. The number of aromatic nitrogens is 2. The zero-order chi connectivity index (χ0) is 13.4. The molecule has 0 aromatic carbocycles. The summed E-state index contributed by atoms with van der Waals surface area (Å²) in [5, 5.41) is 2.70. The lowest BCUT2D eigenvalue weighted by Crippen LogP contribution is -2.35. The average molecular weight is 265 g/mol. The molecule has 2 rings (SSSR count). The van der Waals surface area contributed by atoms with Gasteiger partial charge in [0.25, 0.3) is 11.5 Å². The van der Waals surface area contributed by atoms with E-state index in [0.717, 1.165) is 10.6 Å². The fraction of sp³-hybridized carbons (Fsp3) is 0.417. The Labute approximate surface area is 108 Å². The van der Waals surface area contributed by atoms with Crippen molar-refractivity contribution >= 4 is 22.2 Å². The minimum Gasteiger partial charge on any atom is -0.350 e. The molecule has 2 heterocycles. The highest BCUT2D eigenvalue weighted by Crippen LogP contribution is 2.18. The fourth-order valence-corrected chi connectivity index (χ4v) is 2.60. The van der Waals surface area contributed by atoms with E-state index in [9.17, 15) is 9.59 Å². The summed E-state index contributed by atoms with van der Waals surface area (Å²) in [6, 6.07) is -0.0112. The van der Waals surface area contributed by atoms with Crippen molar-refractivity contribution in [2.75, 3.05) is 0 Å². The molecule has 96 valence electrons. The maximum atomic E-state index is 12.3. The Morgan fingerprint density at radius 1 is 1.44 bits per heavy atom. The standard InChI is InChI=1S/C12H15N3O2S/c1-6(2)14-10(16)9-5-13-12-15(11(9)17)7(3)8(4)18-12/h5-6H,1-4H3,(H,14,16). The molecule has 1 N–H and O–H groups in total. The molecule has 0 fully saturated rings. The van der Waals surface area contributed by atoms with E-state index >= 15 is 0 Å². The monoisotopic (exact) mass is 265 g/mol. The van der Waals surface area contributed by atoms with Crippen molar-refractivity contribution in [3.63, 3.8) is 0 Å². The Balaban J connectivity index is 2.61. The molecule has 18 heavy (non-hydrogen) atoms. The number of aryl methyl sites for hydroxylation is 2. The number of fused-ring (bicyclic) bond motifs is 1. The van der Waals surface area contributed by atoms with Crippen LogP contribution in [-0.2, 0) is 0 Å². The van der Waals surface area contributed by atoms with Crippen LogP contribution in [0.3, 0.4) is 0 Å². The van der Waals surface area contributed by atoms with E-state index in [1.807, 2.05) is 27.7 Å². The maximum Gasteiger partial charge on any atom is 0.271 e. The molecule has 2 aromatic rings. The molecular weight excluding hydrogens is 250 g/mol. The number of hydrogen-bond acceptors (Lipinski definition) is 4. The Morgan fingerprint density at radius 3 is 2.72 bits per heavy atom. The third-order valence-electron chi connectivity index (χ3n) is 2.68. The maximum absolute atomic E-state index is 12.3. The SMILES string of the molecule is Cc1sc2ncc(C(=O)NC(C)C)c(=O)n2c1C. The van der Waals surface area contributed by atoms with Crippen LogP contribution in [0, 0.1) is 13.8 Å². The van der Waals surface area contributed by atoms with Gasteiger partial charge in [-0.2, -0.15) is 0 Å². The van der Waals surface area contributed by atoms with Gasteiger partial charge in [-0.05, 0) is 27.7 Å². The molecule has 0 spiro atoms. The van der Waals surface area contributed by atoms with Crippen molar-refractivity contribution < 1.29 is 4.79 Å². The number of thiazole rings is 1.